The van der Waals surface area contributed by atoms with Gasteiger partial charge in [-0.05, 0) is 18.6 Å². The number of esters is 1. The van der Waals surface area contributed by atoms with Crippen LogP contribution in [0.4, 0.5) is 4.39 Å². The number of carbonyl (C=O) groups excluding carboxylic acids is 1. The highest BCUT2D eigenvalue weighted by atomic mass is 19.1. The Bertz CT molecular complexity index is 704. The Labute approximate surface area is 125 Å². The molecule has 7 nitrogen and oxygen atoms in total. The molecule has 1 aliphatic heterocycles. The van der Waals surface area contributed by atoms with Crippen LogP contribution in [-0.2, 0) is 9.47 Å². The van der Waals surface area contributed by atoms with E-state index in [-0.39, 0.29) is 5.56 Å². The fourth-order valence-corrected chi connectivity index (χ4v) is 2.66. The second-order valence-corrected chi connectivity index (χ2v) is 5.11. The van der Waals surface area contributed by atoms with Gasteiger partial charge in [-0.15, -0.1) is 5.10 Å². The molecule has 2 aromatic rings. The molecule has 1 aliphatic rings. The van der Waals surface area contributed by atoms with Crippen LogP contribution in [0.1, 0.15) is 29.9 Å². The Hall–Kier alpha value is -2.06. The molecule has 0 bridgehead atoms. The predicted octanol–water partition coefficient (Wildman–Crippen LogP) is 1.22. The number of alkyl halides is 1. The topological polar surface area (TPSA) is 86.5 Å². The Morgan fingerprint density at radius 3 is 2.95 bits per heavy atom. The van der Waals surface area contributed by atoms with E-state index in [4.69, 9.17) is 9.47 Å². The molecule has 0 radical (unpaired) electrons. The average molecular weight is 309 g/mol. The normalized spacial score (nSPS) is 28.2. The van der Waals surface area contributed by atoms with Gasteiger partial charge < -0.3 is 14.6 Å². The molecule has 118 valence electrons. The van der Waals surface area contributed by atoms with Crippen molar-refractivity contribution >= 4 is 17.0 Å². The summed E-state index contributed by atoms with van der Waals surface area (Å²) in [6, 6.07) is 4.84. The first-order valence-corrected chi connectivity index (χ1v) is 6.98. The number of nitrogens with zero attached hydrogens (tertiary/aromatic N) is 3. The summed E-state index contributed by atoms with van der Waals surface area (Å²) < 4.78 is 25.8. The number of halogens is 1. The highest BCUT2D eigenvalue weighted by Gasteiger charge is 2.45. The van der Waals surface area contributed by atoms with Gasteiger partial charge in [0.15, 0.2) is 12.4 Å². The first kappa shape index (κ1) is 14.9. The fraction of sp³-hybridized carbons (Fsp3) is 0.500. The minimum Gasteiger partial charge on any atom is -0.465 e. The van der Waals surface area contributed by atoms with Crippen LogP contribution in [0.5, 0.6) is 0 Å². The molecule has 1 aromatic carbocycles. The molecule has 0 spiro atoms. The summed E-state index contributed by atoms with van der Waals surface area (Å²) in [4.78, 5) is 11.7. The Balaban J connectivity index is 2.04. The van der Waals surface area contributed by atoms with Gasteiger partial charge in [-0.3, -0.25) is 0 Å². The molecule has 8 heteroatoms. The van der Waals surface area contributed by atoms with E-state index in [1.807, 2.05) is 0 Å². The van der Waals surface area contributed by atoms with Gasteiger partial charge in [0, 0.05) is 0 Å². The van der Waals surface area contributed by atoms with E-state index in [9.17, 15) is 14.3 Å². The molecule has 0 amide bonds. The van der Waals surface area contributed by atoms with Crippen molar-refractivity contribution in [2.75, 3.05) is 7.11 Å². The minimum atomic E-state index is -1.61. The molecule has 2 heterocycles. The molecule has 1 fully saturated rings. The van der Waals surface area contributed by atoms with E-state index in [1.54, 1.807) is 25.1 Å². The summed E-state index contributed by atoms with van der Waals surface area (Å²) in [6.07, 6.45) is -4.01. The van der Waals surface area contributed by atoms with Crippen molar-refractivity contribution in [3.63, 3.8) is 0 Å². The van der Waals surface area contributed by atoms with E-state index in [0.717, 1.165) is 0 Å². The van der Waals surface area contributed by atoms with Crippen molar-refractivity contribution in [3.8, 4) is 0 Å². The van der Waals surface area contributed by atoms with Crippen LogP contribution in [0, 0.1) is 0 Å². The van der Waals surface area contributed by atoms with E-state index in [0.29, 0.717) is 17.5 Å². The van der Waals surface area contributed by atoms with Gasteiger partial charge in [-0.2, -0.15) is 0 Å². The number of hydrogen-bond donors (Lipinski definition) is 1. The SMILES string of the molecule is CC[C@H]1O[C@@H](n2nnc3c(C(=O)OC)cccc32)[C@H](F)[C@@H]1O. The van der Waals surface area contributed by atoms with Gasteiger partial charge in [-0.1, -0.05) is 18.2 Å². The third-order valence-electron chi connectivity index (χ3n) is 3.85. The zero-order chi connectivity index (χ0) is 15.9. The molecular formula is C14H16FN3O4. The predicted molar refractivity (Wildman–Crippen MR) is 74.0 cm³/mol. The highest BCUT2D eigenvalue weighted by Crippen LogP contribution is 2.34. The number of aliphatic hydroxyl groups excluding tert-OH is 1. The fourth-order valence-electron chi connectivity index (χ4n) is 2.66. The molecule has 1 aromatic heterocycles. The first-order chi connectivity index (χ1) is 10.6. The number of aliphatic hydroxyl groups is 1. The van der Waals surface area contributed by atoms with Crippen LogP contribution in [-0.4, -0.2) is 51.6 Å². The molecule has 0 aliphatic carbocycles. The van der Waals surface area contributed by atoms with Crippen LogP contribution >= 0.6 is 0 Å². The molecule has 3 rings (SSSR count). The van der Waals surface area contributed by atoms with E-state index in [2.05, 4.69) is 10.3 Å². The van der Waals surface area contributed by atoms with Crippen LogP contribution in [0.15, 0.2) is 18.2 Å². The maximum atomic E-state index is 14.3. The van der Waals surface area contributed by atoms with Crippen molar-refractivity contribution in [2.24, 2.45) is 0 Å². The smallest absolute Gasteiger partial charge is 0.340 e. The average Bonchev–Trinajstić information content (AvgIpc) is 3.08. The molecule has 4 atom stereocenters. The van der Waals surface area contributed by atoms with Crippen molar-refractivity contribution in [2.45, 2.75) is 38.0 Å². The summed E-state index contributed by atoms with van der Waals surface area (Å²) in [7, 11) is 1.27. The lowest BCUT2D eigenvalue weighted by atomic mass is 10.1. The molecular weight excluding hydrogens is 293 g/mol. The summed E-state index contributed by atoms with van der Waals surface area (Å²) in [5.74, 6) is -0.548. The lowest BCUT2D eigenvalue weighted by molar-refractivity contribution is -0.0304. The van der Waals surface area contributed by atoms with Crippen molar-refractivity contribution in [3.05, 3.63) is 23.8 Å². The molecule has 0 saturated carbocycles. The standard InChI is InChI=1S/C14H16FN3O4/c1-3-9-12(19)10(15)13(22-9)18-8-6-4-5-7(14(20)21-2)11(8)16-17-18/h4-6,9-10,12-13,19H,3H2,1-2H3/t9-,10-,12-,13-/m1/s1. The molecule has 22 heavy (non-hydrogen) atoms. The van der Waals surface area contributed by atoms with Crippen LogP contribution < -0.4 is 0 Å². The van der Waals surface area contributed by atoms with E-state index < -0.39 is 30.6 Å². The second-order valence-electron chi connectivity index (χ2n) is 5.11. The summed E-state index contributed by atoms with van der Waals surface area (Å²) in [5.41, 5.74) is 0.992. The Morgan fingerprint density at radius 2 is 2.32 bits per heavy atom. The quantitative estimate of drug-likeness (QED) is 0.858. The number of methoxy groups -OCH3 is 1. The largest absolute Gasteiger partial charge is 0.465 e. The van der Waals surface area contributed by atoms with Crippen LogP contribution in [0.3, 0.4) is 0 Å². The monoisotopic (exact) mass is 309 g/mol. The number of rotatable bonds is 3. The van der Waals surface area contributed by atoms with Gasteiger partial charge in [0.25, 0.3) is 0 Å². The van der Waals surface area contributed by atoms with Crippen molar-refractivity contribution < 1.29 is 23.8 Å². The summed E-state index contributed by atoms with van der Waals surface area (Å²) in [5, 5.41) is 17.7. The van der Waals surface area contributed by atoms with Gasteiger partial charge in [-0.25, -0.2) is 13.9 Å². The van der Waals surface area contributed by atoms with Crippen molar-refractivity contribution in [1.29, 1.82) is 0 Å². The maximum absolute atomic E-state index is 14.3. The van der Waals surface area contributed by atoms with E-state index in [1.165, 1.54) is 11.8 Å². The Morgan fingerprint density at radius 1 is 1.55 bits per heavy atom. The highest BCUT2D eigenvalue weighted by molar-refractivity contribution is 6.01. The second kappa shape index (κ2) is 5.62. The number of fused-ring (bicyclic) bond motifs is 1. The van der Waals surface area contributed by atoms with Gasteiger partial charge in [0.05, 0.1) is 24.3 Å². The lowest BCUT2D eigenvalue weighted by Crippen LogP contribution is -2.28. The summed E-state index contributed by atoms with van der Waals surface area (Å²) >= 11 is 0. The van der Waals surface area contributed by atoms with Crippen LogP contribution in [0.2, 0.25) is 0 Å². The van der Waals surface area contributed by atoms with Gasteiger partial charge in [0.2, 0.25) is 0 Å². The number of benzene rings is 1. The first-order valence-electron chi connectivity index (χ1n) is 6.98. The molecule has 0 unspecified atom stereocenters. The van der Waals surface area contributed by atoms with Crippen LogP contribution in [0.25, 0.3) is 11.0 Å². The number of aromatic nitrogens is 3. The van der Waals surface area contributed by atoms with E-state index >= 15 is 0 Å². The van der Waals surface area contributed by atoms with Crippen molar-refractivity contribution in [1.82, 2.24) is 15.0 Å². The molecule has 1 N–H and O–H groups in total. The zero-order valence-corrected chi connectivity index (χ0v) is 12.1. The van der Waals surface area contributed by atoms with Gasteiger partial charge in [0.1, 0.15) is 11.6 Å². The third kappa shape index (κ3) is 2.15. The Kier molecular flexibility index (Phi) is 3.79. The maximum Gasteiger partial charge on any atom is 0.340 e. The number of ether oxygens (including phenoxy) is 2. The zero-order valence-electron chi connectivity index (χ0n) is 12.1. The third-order valence-corrected chi connectivity index (χ3v) is 3.85. The number of carbonyl (C=O) groups is 1. The lowest BCUT2D eigenvalue weighted by Gasteiger charge is -2.13. The number of hydrogen-bond acceptors (Lipinski definition) is 6. The van der Waals surface area contributed by atoms with Gasteiger partial charge >= 0.3 is 5.97 Å². The minimum absolute atomic E-state index is 0.243. The summed E-state index contributed by atoms with van der Waals surface area (Å²) in [6.45, 7) is 1.80. The molecule has 1 saturated heterocycles.